The van der Waals surface area contributed by atoms with Gasteiger partial charge in [0, 0.05) is 55.6 Å². The van der Waals surface area contributed by atoms with Gasteiger partial charge in [-0.2, -0.15) is 0 Å². The largest absolute Gasteiger partial charge is 0.354 e. The zero-order chi connectivity index (χ0) is 28.5. The summed E-state index contributed by atoms with van der Waals surface area (Å²) in [4.78, 5) is 40.7. The monoisotopic (exact) mass is 551 g/mol. The van der Waals surface area contributed by atoms with Gasteiger partial charge in [-0.05, 0) is 79.2 Å². The first-order chi connectivity index (χ1) is 19.9. The normalized spacial score (nSPS) is 17.6. The zero-order valence-electron chi connectivity index (χ0n) is 23.1. The Labute approximate surface area is 239 Å². The third-order valence-electron chi connectivity index (χ3n) is 8.30. The van der Waals surface area contributed by atoms with E-state index in [2.05, 4.69) is 33.7 Å². The number of anilines is 2. The van der Waals surface area contributed by atoms with E-state index < -0.39 is 4.92 Å². The smallest absolute Gasteiger partial charge is 0.270 e. The maximum Gasteiger partial charge on any atom is 0.270 e. The van der Waals surface area contributed by atoms with Gasteiger partial charge >= 0.3 is 0 Å². The molecular formula is C32H33N5O4. The summed E-state index contributed by atoms with van der Waals surface area (Å²) in [5.41, 5.74) is 7.05. The van der Waals surface area contributed by atoms with E-state index in [9.17, 15) is 19.7 Å². The second-order valence-corrected chi connectivity index (χ2v) is 11.0. The lowest BCUT2D eigenvalue weighted by Crippen LogP contribution is -2.34. The summed E-state index contributed by atoms with van der Waals surface area (Å²) in [5, 5.41) is 17.9. The maximum atomic E-state index is 13.3. The number of carbonyl (C=O) groups is 2. The van der Waals surface area contributed by atoms with Gasteiger partial charge in [0.05, 0.1) is 16.2 Å². The van der Waals surface area contributed by atoms with Crippen LogP contribution in [0.5, 0.6) is 0 Å². The summed E-state index contributed by atoms with van der Waals surface area (Å²) in [6.45, 7) is 6.18. The average molecular weight is 552 g/mol. The number of nitro benzene ring substituents is 1. The molecule has 0 unspecified atom stereocenters. The lowest BCUT2D eigenvalue weighted by Gasteiger charge is -2.28. The Morgan fingerprint density at radius 1 is 1.00 bits per heavy atom. The molecule has 0 aromatic heterocycles. The molecular weight excluding hydrogens is 518 g/mol. The number of amides is 2. The fraction of sp³-hybridized carbons (Fsp3) is 0.312. The fourth-order valence-electron chi connectivity index (χ4n) is 5.97. The van der Waals surface area contributed by atoms with Crippen LogP contribution in [0, 0.1) is 10.1 Å². The van der Waals surface area contributed by atoms with Crippen LogP contribution in [0.3, 0.4) is 0 Å². The van der Waals surface area contributed by atoms with Crippen LogP contribution in [0.2, 0.25) is 0 Å². The molecule has 3 aliphatic rings. The van der Waals surface area contributed by atoms with Crippen molar-refractivity contribution in [2.24, 2.45) is 0 Å². The van der Waals surface area contributed by atoms with Crippen molar-refractivity contribution >= 4 is 40.1 Å². The quantitative estimate of drug-likeness (QED) is 0.241. The van der Waals surface area contributed by atoms with Crippen molar-refractivity contribution < 1.29 is 14.5 Å². The molecule has 210 valence electrons. The minimum atomic E-state index is -0.448. The summed E-state index contributed by atoms with van der Waals surface area (Å²) in [7, 11) is 0. The Kier molecular flexibility index (Phi) is 7.28. The first kappa shape index (κ1) is 26.7. The Bertz CT molecular complexity index is 1560. The number of benzene rings is 3. The standard InChI is InChI=1S/C32H33N5O4/c1-21(38)36-17-13-24-18-26(9-8-25(24)20-36)33-31(23-6-4-22(5-7-23)12-16-35-14-2-3-15-35)30-28-19-27(37(40)41)10-11-29(28)34-32(30)39/h4-11,18-19,33H,2-3,12-17,20H2,1H3,(H,34,39). The Morgan fingerprint density at radius 2 is 1.78 bits per heavy atom. The lowest BCUT2D eigenvalue weighted by atomic mass is 9.97. The van der Waals surface area contributed by atoms with Gasteiger partial charge in [-0.3, -0.25) is 19.7 Å². The van der Waals surface area contributed by atoms with E-state index in [4.69, 9.17) is 0 Å². The molecule has 9 heteroatoms. The summed E-state index contributed by atoms with van der Waals surface area (Å²) in [5.74, 6) is -0.245. The predicted octanol–water partition coefficient (Wildman–Crippen LogP) is 5.07. The highest BCUT2D eigenvalue weighted by Gasteiger charge is 2.30. The summed E-state index contributed by atoms with van der Waals surface area (Å²) >= 11 is 0. The lowest BCUT2D eigenvalue weighted by molar-refractivity contribution is -0.384. The molecule has 2 N–H and O–H groups in total. The van der Waals surface area contributed by atoms with Crippen LogP contribution in [0.15, 0.2) is 60.7 Å². The minimum absolute atomic E-state index is 0.0637. The van der Waals surface area contributed by atoms with Gasteiger partial charge in [-0.25, -0.2) is 0 Å². The van der Waals surface area contributed by atoms with Gasteiger partial charge in [0.25, 0.3) is 11.6 Å². The minimum Gasteiger partial charge on any atom is -0.354 e. The molecule has 2 amide bonds. The van der Waals surface area contributed by atoms with Gasteiger partial charge in [0.15, 0.2) is 0 Å². The highest BCUT2D eigenvalue weighted by molar-refractivity contribution is 6.37. The highest BCUT2D eigenvalue weighted by Crippen LogP contribution is 2.39. The number of hydrogen-bond donors (Lipinski definition) is 2. The van der Waals surface area contributed by atoms with Crippen molar-refractivity contribution in [1.29, 1.82) is 0 Å². The van der Waals surface area contributed by atoms with Crippen molar-refractivity contribution in [2.75, 3.05) is 36.8 Å². The van der Waals surface area contributed by atoms with E-state index in [-0.39, 0.29) is 17.5 Å². The molecule has 1 saturated heterocycles. The van der Waals surface area contributed by atoms with Gasteiger partial charge in [0.1, 0.15) is 0 Å². The average Bonchev–Trinajstić information content (AvgIpc) is 3.61. The van der Waals surface area contributed by atoms with Gasteiger partial charge in [-0.1, -0.05) is 30.3 Å². The maximum absolute atomic E-state index is 13.3. The highest BCUT2D eigenvalue weighted by atomic mass is 16.6. The molecule has 1 fully saturated rings. The Balaban J connectivity index is 1.37. The van der Waals surface area contributed by atoms with Crippen molar-refractivity contribution in [3.8, 4) is 0 Å². The van der Waals surface area contributed by atoms with E-state index in [1.54, 1.807) is 13.0 Å². The number of non-ortho nitro benzene ring substituents is 1. The zero-order valence-corrected chi connectivity index (χ0v) is 23.1. The van der Waals surface area contributed by atoms with E-state index in [0.717, 1.165) is 54.9 Å². The number of fused-ring (bicyclic) bond motifs is 2. The fourth-order valence-corrected chi connectivity index (χ4v) is 5.97. The molecule has 3 aromatic carbocycles. The first-order valence-corrected chi connectivity index (χ1v) is 14.2. The number of nitrogens with zero attached hydrogens (tertiary/aromatic N) is 3. The second-order valence-electron chi connectivity index (χ2n) is 11.0. The van der Waals surface area contributed by atoms with Crippen molar-refractivity contribution in [3.05, 3.63) is 98.6 Å². The van der Waals surface area contributed by atoms with Crippen molar-refractivity contribution in [2.45, 2.75) is 39.2 Å². The van der Waals surface area contributed by atoms with Gasteiger partial charge < -0.3 is 20.4 Å². The summed E-state index contributed by atoms with van der Waals surface area (Å²) in [6, 6.07) is 18.7. The molecule has 0 radical (unpaired) electrons. The number of nitro groups is 1. The number of hydrogen-bond acceptors (Lipinski definition) is 6. The number of nitrogens with one attached hydrogen (secondary N) is 2. The molecule has 0 saturated carbocycles. The van der Waals surface area contributed by atoms with Crippen LogP contribution < -0.4 is 10.6 Å². The second kappa shape index (κ2) is 11.2. The molecule has 3 aliphatic heterocycles. The van der Waals surface area contributed by atoms with E-state index >= 15 is 0 Å². The predicted molar refractivity (Wildman–Crippen MR) is 159 cm³/mol. The molecule has 6 rings (SSSR count). The molecule has 3 heterocycles. The number of rotatable bonds is 7. The molecule has 9 nitrogen and oxygen atoms in total. The third-order valence-corrected chi connectivity index (χ3v) is 8.30. The van der Waals surface area contributed by atoms with Crippen molar-refractivity contribution in [3.63, 3.8) is 0 Å². The Morgan fingerprint density at radius 3 is 2.51 bits per heavy atom. The third kappa shape index (κ3) is 5.58. The summed E-state index contributed by atoms with van der Waals surface area (Å²) in [6.07, 6.45) is 4.23. The van der Waals surface area contributed by atoms with Gasteiger partial charge in [-0.15, -0.1) is 0 Å². The van der Waals surface area contributed by atoms with Crippen molar-refractivity contribution in [1.82, 2.24) is 9.80 Å². The molecule has 3 aromatic rings. The van der Waals surface area contributed by atoms with E-state index in [1.807, 2.05) is 29.2 Å². The molecule has 0 spiro atoms. The van der Waals surface area contributed by atoms with Gasteiger partial charge in [0.2, 0.25) is 5.91 Å². The van der Waals surface area contributed by atoms with E-state index in [0.29, 0.717) is 35.6 Å². The first-order valence-electron chi connectivity index (χ1n) is 14.2. The van der Waals surface area contributed by atoms with Crippen LogP contribution >= 0.6 is 0 Å². The molecule has 0 atom stereocenters. The van der Waals surface area contributed by atoms with Crippen LogP contribution in [0.4, 0.5) is 17.1 Å². The van der Waals surface area contributed by atoms with Crippen LogP contribution in [0.25, 0.3) is 11.3 Å². The number of carbonyl (C=O) groups excluding carboxylic acids is 2. The van der Waals surface area contributed by atoms with Crippen LogP contribution in [0.1, 0.15) is 47.6 Å². The van der Waals surface area contributed by atoms with Crippen LogP contribution in [-0.4, -0.2) is 52.7 Å². The molecule has 41 heavy (non-hydrogen) atoms. The number of likely N-dealkylation sites (tertiary alicyclic amines) is 1. The van der Waals surface area contributed by atoms with Crippen LogP contribution in [-0.2, 0) is 29.0 Å². The SMILES string of the molecule is CC(=O)N1CCc2cc(NC(=C3C(=O)Nc4ccc([N+](=O)[O-])cc43)c3ccc(CCN4CCCC4)cc3)ccc2C1. The molecule has 0 bridgehead atoms. The topological polar surface area (TPSA) is 108 Å². The Hall–Kier alpha value is -4.50. The van der Waals surface area contributed by atoms with E-state index in [1.165, 1.54) is 30.5 Å². The molecule has 0 aliphatic carbocycles. The summed E-state index contributed by atoms with van der Waals surface area (Å²) < 4.78 is 0.